The zero-order valence-electron chi connectivity index (χ0n) is 11.0. The standard InChI is InChI=1S/C15H23N3/c16-7-6-14-5-2-8-17-15(14)18-10-12-3-1-4-13(9-12)11-18/h2,5,8,12-13H,1,3-4,6-7,9-11,16H2. The summed E-state index contributed by atoms with van der Waals surface area (Å²) in [4.78, 5) is 7.14. The molecule has 0 radical (unpaired) electrons. The van der Waals surface area contributed by atoms with E-state index < -0.39 is 0 Å². The SMILES string of the molecule is NCCc1cccnc1N1CC2CCCC(C2)C1. The number of rotatable bonds is 3. The highest BCUT2D eigenvalue weighted by molar-refractivity contribution is 5.47. The summed E-state index contributed by atoms with van der Waals surface area (Å²) >= 11 is 0. The van der Waals surface area contributed by atoms with Crippen LogP contribution in [0, 0.1) is 11.8 Å². The molecule has 2 fully saturated rings. The van der Waals surface area contributed by atoms with Crippen LogP contribution in [0.15, 0.2) is 18.3 Å². The van der Waals surface area contributed by atoms with Gasteiger partial charge in [0, 0.05) is 19.3 Å². The summed E-state index contributed by atoms with van der Waals surface area (Å²) in [5.74, 6) is 2.98. The average Bonchev–Trinajstić information content (AvgIpc) is 2.39. The van der Waals surface area contributed by atoms with Gasteiger partial charge in [-0.05, 0) is 55.7 Å². The number of hydrogen-bond acceptors (Lipinski definition) is 3. The quantitative estimate of drug-likeness (QED) is 0.887. The first-order valence-corrected chi connectivity index (χ1v) is 7.25. The Morgan fingerprint density at radius 2 is 2.06 bits per heavy atom. The van der Waals surface area contributed by atoms with Crippen molar-refractivity contribution < 1.29 is 0 Å². The molecule has 2 N–H and O–H groups in total. The van der Waals surface area contributed by atoms with Gasteiger partial charge in [0.05, 0.1) is 0 Å². The minimum Gasteiger partial charge on any atom is -0.356 e. The summed E-state index contributed by atoms with van der Waals surface area (Å²) in [7, 11) is 0. The molecule has 2 bridgehead atoms. The number of aromatic nitrogens is 1. The molecule has 0 amide bonds. The number of pyridine rings is 1. The topological polar surface area (TPSA) is 42.1 Å². The smallest absolute Gasteiger partial charge is 0.131 e. The zero-order valence-corrected chi connectivity index (χ0v) is 11.0. The van der Waals surface area contributed by atoms with Gasteiger partial charge >= 0.3 is 0 Å². The van der Waals surface area contributed by atoms with E-state index in [1.807, 2.05) is 12.3 Å². The highest BCUT2D eigenvalue weighted by Crippen LogP contribution is 2.36. The maximum absolute atomic E-state index is 5.70. The highest BCUT2D eigenvalue weighted by atomic mass is 15.2. The Kier molecular flexibility index (Phi) is 3.50. The third-order valence-electron chi connectivity index (χ3n) is 4.43. The van der Waals surface area contributed by atoms with E-state index in [1.165, 1.54) is 50.2 Å². The Morgan fingerprint density at radius 3 is 2.78 bits per heavy atom. The second-order valence-electron chi connectivity index (χ2n) is 5.83. The van der Waals surface area contributed by atoms with Crippen LogP contribution in [-0.4, -0.2) is 24.6 Å². The van der Waals surface area contributed by atoms with Gasteiger partial charge < -0.3 is 10.6 Å². The summed E-state index contributed by atoms with van der Waals surface area (Å²) in [5, 5.41) is 0. The minimum absolute atomic E-state index is 0.708. The van der Waals surface area contributed by atoms with Gasteiger partial charge in [0.15, 0.2) is 0 Å². The third kappa shape index (κ3) is 2.37. The van der Waals surface area contributed by atoms with Gasteiger partial charge in [-0.3, -0.25) is 0 Å². The molecule has 0 spiro atoms. The largest absolute Gasteiger partial charge is 0.356 e. The van der Waals surface area contributed by atoms with E-state index in [1.54, 1.807) is 0 Å². The molecule has 0 aromatic carbocycles. The molecule has 98 valence electrons. The van der Waals surface area contributed by atoms with E-state index in [4.69, 9.17) is 5.73 Å². The van der Waals surface area contributed by atoms with Crippen molar-refractivity contribution in [2.45, 2.75) is 32.1 Å². The number of nitrogens with zero attached hydrogens (tertiary/aromatic N) is 2. The van der Waals surface area contributed by atoms with Crippen molar-refractivity contribution in [3.63, 3.8) is 0 Å². The molecule has 2 unspecified atom stereocenters. The van der Waals surface area contributed by atoms with Crippen LogP contribution in [0.2, 0.25) is 0 Å². The monoisotopic (exact) mass is 245 g/mol. The molecule has 18 heavy (non-hydrogen) atoms. The molecule has 3 rings (SSSR count). The van der Waals surface area contributed by atoms with Crippen LogP contribution in [0.25, 0.3) is 0 Å². The van der Waals surface area contributed by atoms with E-state index in [2.05, 4.69) is 16.0 Å². The Hall–Kier alpha value is -1.09. The van der Waals surface area contributed by atoms with Gasteiger partial charge in [0.2, 0.25) is 0 Å². The summed E-state index contributed by atoms with van der Waals surface area (Å²) in [5.41, 5.74) is 7.02. The Labute approximate surface area is 109 Å². The van der Waals surface area contributed by atoms with Crippen LogP contribution in [0.4, 0.5) is 5.82 Å². The second kappa shape index (κ2) is 5.27. The van der Waals surface area contributed by atoms with Crippen molar-refractivity contribution >= 4 is 5.82 Å². The maximum atomic E-state index is 5.70. The van der Waals surface area contributed by atoms with Gasteiger partial charge in [-0.15, -0.1) is 0 Å². The van der Waals surface area contributed by atoms with Gasteiger partial charge in [-0.2, -0.15) is 0 Å². The predicted octanol–water partition coefficient (Wildman–Crippen LogP) is 2.21. The zero-order chi connectivity index (χ0) is 12.4. The molecule has 3 heteroatoms. The Bertz CT molecular complexity index is 392. The maximum Gasteiger partial charge on any atom is 0.131 e. The first-order valence-electron chi connectivity index (χ1n) is 7.25. The van der Waals surface area contributed by atoms with Crippen LogP contribution in [0.1, 0.15) is 31.2 Å². The van der Waals surface area contributed by atoms with Crippen molar-refractivity contribution in [1.29, 1.82) is 0 Å². The molecule has 1 aliphatic carbocycles. The lowest BCUT2D eigenvalue weighted by atomic mass is 9.78. The first-order chi connectivity index (χ1) is 8.86. The molecule has 2 atom stereocenters. The first kappa shape index (κ1) is 12.0. The van der Waals surface area contributed by atoms with Gasteiger partial charge in [-0.1, -0.05) is 12.5 Å². The van der Waals surface area contributed by atoms with Crippen LogP contribution >= 0.6 is 0 Å². The highest BCUT2D eigenvalue weighted by Gasteiger charge is 2.31. The Balaban J connectivity index is 1.81. The van der Waals surface area contributed by atoms with Crippen molar-refractivity contribution in [3.05, 3.63) is 23.9 Å². The van der Waals surface area contributed by atoms with Crippen molar-refractivity contribution in [2.24, 2.45) is 17.6 Å². The molecule has 1 saturated carbocycles. The summed E-state index contributed by atoms with van der Waals surface area (Å²) < 4.78 is 0. The van der Waals surface area contributed by atoms with Crippen molar-refractivity contribution in [1.82, 2.24) is 4.98 Å². The predicted molar refractivity (Wildman–Crippen MR) is 74.7 cm³/mol. The Morgan fingerprint density at radius 1 is 1.28 bits per heavy atom. The summed E-state index contributed by atoms with van der Waals surface area (Å²) in [6.07, 6.45) is 8.55. The molecular weight excluding hydrogens is 222 g/mol. The third-order valence-corrected chi connectivity index (χ3v) is 4.43. The molecule has 1 aromatic rings. The van der Waals surface area contributed by atoms with Crippen molar-refractivity contribution in [2.75, 3.05) is 24.5 Å². The molecule has 3 nitrogen and oxygen atoms in total. The van der Waals surface area contributed by atoms with E-state index in [-0.39, 0.29) is 0 Å². The lowest BCUT2D eigenvalue weighted by Crippen LogP contribution is -2.43. The lowest BCUT2D eigenvalue weighted by Gasteiger charge is -2.42. The van der Waals surface area contributed by atoms with E-state index in [0.717, 1.165) is 18.3 Å². The van der Waals surface area contributed by atoms with E-state index >= 15 is 0 Å². The van der Waals surface area contributed by atoms with Gasteiger partial charge in [0.25, 0.3) is 0 Å². The van der Waals surface area contributed by atoms with Crippen LogP contribution < -0.4 is 10.6 Å². The van der Waals surface area contributed by atoms with Crippen LogP contribution in [0.3, 0.4) is 0 Å². The molecular formula is C15H23N3. The fourth-order valence-electron chi connectivity index (χ4n) is 3.67. The lowest BCUT2D eigenvalue weighted by molar-refractivity contribution is 0.230. The number of nitrogens with two attached hydrogens (primary N) is 1. The van der Waals surface area contributed by atoms with Crippen LogP contribution in [-0.2, 0) is 6.42 Å². The fourth-order valence-corrected chi connectivity index (χ4v) is 3.67. The summed E-state index contributed by atoms with van der Waals surface area (Å²) in [6.45, 7) is 3.11. The molecule has 2 aliphatic rings. The molecule has 2 heterocycles. The number of fused-ring (bicyclic) bond motifs is 2. The molecule has 1 saturated heterocycles. The molecule has 1 aromatic heterocycles. The fraction of sp³-hybridized carbons (Fsp3) is 0.667. The van der Waals surface area contributed by atoms with E-state index in [0.29, 0.717) is 6.54 Å². The number of anilines is 1. The average molecular weight is 245 g/mol. The van der Waals surface area contributed by atoms with Crippen molar-refractivity contribution in [3.8, 4) is 0 Å². The second-order valence-corrected chi connectivity index (χ2v) is 5.83. The van der Waals surface area contributed by atoms with E-state index in [9.17, 15) is 0 Å². The normalized spacial score (nSPS) is 27.3. The molecule has 1 aliphatic heterocycles. The minimum atomic E-state index is 0.708. The van der Waals surface area contributed by atoms with Gasteiger partial charge in [0.1, 0.15) is 5.82 Å². The number of hydrogen-bond donors (Lipinski definition) is 1. The number of piperidine rings is 1. The summed E-state index contributed by atoms with van der Waals surface area (Å²) in [6, 6.07) is 4.21. The van der Waals surface area contributed by atoms with Gasteiger partial charge in [-0.25, -0.2) is 4.98 Å². The van der Waals surface area contributed by atoms with Crippen LogP contribution in [0.5, 0.6) is 0 Å².